The van der Waals surface area contributed by atoms with Crippen LogP contribution in [0.15, 0.2) is 12.3 Å². The maximum atomic E-state index is 11.6. The van der Waals surface area contributed by atoms with Gasteiger partial charge in [0.2, 0.25) is 5.91 Å². The van der Waals surface area contributed by atoms with Gasteiger partial charge in [0.1, 0.15) is 11.9 Å². The molecule has 0 radical (unpaired) electrons. The molecule has 16 heavy (non-hydrogen) atoms. The Labute approximate surface area is 97.0 Å². The van der Waals surface area contributed by atoms with Crippen molar-refractivity contribution in [2.45, 2.75) is 13.0 Å². The van der Waals surface area contributed by atoms with Gasteiger partial charge in [0.05, 0.1) is 10.6 Å². The first-order chi connectivity index (χ1) is 7.41. The number of nitrogens with one attached hydrogen (secondary N) is 1. The number of carbonyl (C=O) groups is 2. The maximum Gasteiger partial charge on any atom is 0.253 e. The molecule has 0 aliphatic carbocycles. The fourth-order valence-electron chi connectivity index (χ4n) is 0.974. The number of nitrogen functional groups attached to an aromatic ring is 1. The second-order valence-corrected chi connectivity index (χ2v) is 3.59. The highest BCUT2D eigenvalue weighted by molar-refractivity contribution is 6.33. The van der Waals surface area contributed by atoms with Gasteiger partial charge in [0.25, 0.3) is 5.91 Å². The van der Waals surface area contributed by atoms with Gasteiger partial charge < -0.3 is 16.8 Å². The molecule has 0 aromatic carbocycles. The van der Waals surface area contributed by atoms with Crippen molar-refractivity contribution in [3.8, 4) is 0 Å². The monoisotopic (exact) mass is 242 g/mol. The Kier molecular flexibility index (Phi) is 3.68. The molecule has 0 saturated carbocycles. The molecule has 0 saturated heterocycles. The Balaban J connectivity index is 2.88. The number of primary amides is 1. The molecule has 1 atom stereocenters. The van der Waals surface area contributed by atoms with E-state index in [1.165, 1.54) is 19.2 Å². The first kappa shape index (κ1) is 12.3. The van der Waals surface area contributed by atoms with E-state index >= 15 is 0 Å². The lowest BCUT2D eigenvalue weighted by atomic mass is 10.2. The van der Waals surface area contributed by atoms with Crippen molar-refractivity contribution in [3.63, 3.8) is 0 Å². The zero-order valence-electron chi connectivity index (χ0n) is 8.53. The minimum Gasteiger partial charge on any atom is -0.384 e. The smallest absolute Gasteiger partial charge is 0.253 e. The van der Waals surface area contributed by atoms with Crippen LogP contribution < -0.4 is 16.8 Å². The number of hydrogen-bond acceptors (Lipinski definition) is 4. The molecule has 0 aliphatic heterocycles. The van der Waals surface area contributed by atoms with Crippen LogP contribution in [0.4, 0.5) is 5.82 Å². The highest BCUT2D eigenvalue weighted by Gasteiger charge is 2.16. The predicted molar refractivity (Wildman–Crippen MR) is 59.8 cm³/mol. The van der Waals surface area contributed by atoms with Gasteiger partial charge in [-0.2, -0.15) is 0 Å². The SMILES string of the molecule is CC(NC(=O)c1cc(N)ncc1Cl)C(N)=O. The van der Waals surface area contributed by atoms with Crippen LogP contribution in [0.3, 0.4) is 0 Å². The Hall–Kier alpha value is -1.82. The van der Waals surface area contributed by atoms with Crippen LogP contribution in [0, 0.1) is 0 Å². The number of pyridine rings is 1. The molecule has 1 aromatic rings. The number of rotatable bonds is 3. The second kappa shape index (κ2) is 4.80. The summed E-state index contributed by atoms with van der Waals surface area (Å²) in [4.78, 5) is 26.1. The molecule has 0 bridgehead atoms. The van der Waals surface area contributed by atoms with Crippen molar-refractivity contribution in [3.05, 3.63) is 22.8 Å². The summed E-state index contributed by atoms with van der Waals surface area (Å²) in [5.74, 6) is -0.988. The summed E-state index contributed by atoms with van der Waals surface area (Å²) in [7, 11) is 0. The van der Waals surface area contributed by atoms with Crippen molar-refractivity contribution >= 4 is 29.2 Å². The van der Waals surface area contributed by atoms with E-state index in [1.807, 2.05) is 0 Å². The zero-order valence-corrected chi connectivity index (χ0v) is 9.28. The van der Waals surface area contributed by atoms with Crippen LogP contribution in [0.25, 0.3) is 0 Å². The van der Waals surface area contributed by atoms with Crippen molar-refractivity contribution in [1.82, 2.24) is 10.3 Å². The van der Waals surface area contributed by atoms with Crippen LogP contribution in [0.1, 0.15) is 17.3 Å². The van der Waals surface area contributed by atoms with E-state index in [2.05, 4.69) is 10.3 Å². The Bertz CT molecular complexity index is 436. The van der Waals surface area contributed by atoms with Gasteiger partial charge in [-0.25, -0.2) is 4.98 Å². The zero-order chi connectivity index (χ0) is 12.3. The summed E-state index contributed by atoms with van der Waals surface area (Å²) in [6.07, 6.45) is 1.26. The molecule has 1 unspecified atom stereocenters. The summed E-state index contributed by atoms with van der Waals surface area (Å²) >= 11 is 5.76. The van der Waals surface area contributed by atoms with Crippen molar-refractivity contribution in [2.24, 2.45) is 5.73 Å². The normalized spacial score (nSPS) is 11.9. The summed E-state index contributed by atoms with van der Waals surface area (Å²) in [6.45, 7) is 1.47. The number of nitrogens with two attached hydrogens (primary N) is 2. The van der Waals surface area contributed by atoms with Crippen LogP contribution in [-0.4, -0.2) is 22.8 Å². The number of carbonyl (C=O) groups excluding carboxylic acids is 2. The van der Waals surface area contributed by atoms with E-state index in [4.69, 9.17) is 23.1 Å². The van der Waals surface area contributed by atoms with Gasteiger partial charge in [0, 0.05) is 6.20 Å². The average Bonchev–Trinajstić information content (AvgIpc) is 2.21. The van der Waals surface area contributed by atoms with E-state index < -0.39 is 17.9 Å². The molecule has 5 N–H and O–H groups in total. The van der Waals surface area contributed by atoms with Gasteiger partial charge in [-0.3, -0.25) is 9.59 Å². The number of nitrogens with zero attached hydrogens (tertiary/aromatic N) is 1. The summed E-state index contributed by atoms with van der Waals surface area (Å²) in [5, 5.41) is 2.54. The molecular weight excluding hydrogens is 232 g/mol. The minimum atomic E-state index is -0.780. The van der Waals surface area contributed by atoms with Gasteiger partial charge in [-0.15, -0.1) is 0 Å². The third-order valence-corrected chi connectivity index (χ3v) is 2.20. The van der Waals surface area contributed by atoms with Crippen molar-refractivity contribution in [1.29, 1.82) is 0 Å². The first-order valence-electron chi connectivity index (χ1n) is 4.43. The van der Waals surface area contributed by atoms with Gasteiger partial charge in [-0.05, 0) is 13.0 Å². The highest BCUT2D eigenvalue weighted by Crippen LogP contribution is 2.16. The molecule has 1 heterocycles. The van der Waals surface area contributed by atoms with Crippen LogP contribution >= 0.6 is 11.6 Å². The number of amides is 2. The average molecular weight is 243 g/mol. The van der Waals surface area contributed by atoms with Gasteiger partial charge in [0.15, 0.2) is 0 Å². The van der Waals surface area contributed by atoms with E-state index in [-0.39, 0.29) is 16.4 Å². The quantitative estimate of drug-likeness (QED) is 0.688. The van der Waals surface area contributed by atoms with E-state index in [1.54, 1.807) is 0 Å². The Morgan fingerprint density at radius 3 is 2.75 bits per heavy atom. The molecule has 0 aliphatic rings. The fourth-order valence-corrected chi connectivity index (χ4v) is 1.16. The third-order valence-electron chi connectivity index (χ3n) is 1.90. The summed E-state index contributed by atoms with van der Waals surface area (Å²) in [5.41, 5.74) is 10.6. The summed E-state index contributed by atoms with van der Waals surface area (Å²) in [6, 6.07) is 0.545. The topological polar surface area (TPSA) is 111 Å². The molecule has 2 amide bonds. The molecule has 1 rings (SSSR count). The standard InChI is InChI=1S/C9H11ClN4O2/c1-4(8(12)15)14-9(16)5-2-7(11)13-3-6(5)10/h2-4H,1H3,(H2,11,13)(H2,12,15)(H,14,16). The Morgan fingerprint density at radius 1 is 1.56 bits per heavy atom. The third kappa shape index (κ3) is 2.83. The van der Waals surface area contributed by atoms with Crippen LogP contribution in [0.2, 0.25) is 5.02 Å². The Morgan fingerprint density at radius 2 is 2.19 bits per heavy atom. The van der Waals surface area contributed by atoms with Gasteiger partial charge in [-0.1, -0.05) is 11.6 Å². The maximum absolute atomic E-state index is 11.6. The second-order valence-electron chi connectivity index (χ2n) is 3.19. The highest BCUT2D eigenvalue weighted by atomic mass is 35.5. The summed E-state index contributed by atoms with van der Waals surface area (Å²) < 4.78 is 0. The van der Waals surface area contributed by atoms with Gasteiger partial charge >= 0.3 is 0 Å². The number of halogens is 1. The molecule has 7 heteroatoms. The lowest BCUT2D eigenvalue weighted by molar-refractivity contribution is -0.119. The molecule has 6 nitrogen and oxygen atoms in total. The minimum absolute atomic E-state index is 0.155. The number of aromatic nitrogens is 1. The van der Waals surface area contributed by atoms with Crippen molar-refractivity contribution < 1.29 is 9.59 Å². The van der Waals surface area contributed by atoms with E-state index in [0.717, 1.165) is 0 Å². The lowest BCUT2D eigenvalue weighted by Crippen LogP contribution is -2.42. The largest absolute Gasteiger partial charge is 0.384 e. The molecule has 0 fully saturated rings. The van der Waals surface area contributed by atoms with Crippen molar-refractivity contribution in [2.75, 3.05) is 5.73 Å². The van der Waals surface area contributed by atoms with Crippen LogP contribution in [0.5, 0.6) is 0 Å². The number of hydrogen-bond donors (Lipinski definition) is 3. The fraction of sp³-hybridized carbons (Fsp3) is 0.222. The molecule has 1 aromatic heterocycles. The lowest BCUT2D eigenvalue weighted by Gasteiger charge is -2.11. The predicted octanol–water partition coefficient (Wildman–Crippen LogP) is -0.0792. The first-order valence-corrected chi connectivity index (χ1v) is 4.81. The molecule has 86 valence electrons. The van der Waals surface area contributed by atoms with E-state index in [0.29, 0.717) is 0 Å². The molecule has 0 spiro atoms. The number of anilines is 1. The van der Waals surface area contributed by atoms with Crippen LogP contribution in [-0.2, 0) is 4.79 Å². The van der Waals surface area contributed by atoms with E-state index in [9.17, 15) is 9.59 Å². The molecular formula is C9H11ClN4O2.